The van der Waals surface area contributed by atoms with Gasteiger partial charge in [-0.3, -0.25) is 4.79 Å². The summed E-state index contributed by atoms with van der Waals surface area (Å²) in [6.45, 7) is 0. The largest absolute Gasteiger partial charge is 0.457 e. The number of benzene rings is 2. The van der Waals surface area contributed by atoms with Crippen LogP contribution in [0.4, 0.5) is 5.82 Å². The second-order valence-corrected chi connectivity index (χ2v) is 5.49. The van der Waals surface area contributed by atoms with Gasteiger partial charge in [-0.2, -0.15) is 5.10 Å². The van der Waals surface area contributed by atoms with Crippen molar-refractivity contribution in [2.24, 2.45) is 0 Å². The Morgan fingerprint density at radius 2 is 1.84 bits per heavy atom. The summed E-state index contributed by atoms with van der Waals surface area (Å²) in [4.78, 5) is 12.1. The third kappa shape index (κ3) is 3.35. The minimum atomic E-state index is -0.265. The molecule has 0 saturated heterocycles. The van der Waals surface area contributed by atoms with Crippen LogP contribution >= 0.6 is 0 Å². The number of carbonyl (C=O) groups excluding carboxylic acids is 1. The maximum absolute atomic E-state index is 12.1. The lowest BCUT2D eigenvalue weighted by atomic mass is 10.2. The van der Waals surface area contributed by atoms with Crippen molar-refractivity contribution < 1.29 is 9.21 Å². The summed E-state index contributed by atoms with van der Waals surface area (Å²) >= 11 is 0. The summed E-state index contributed by atoms with van der Waals surface area (Å²) in [5.41, 5.74) is 1.73. The Kier molecular flexibility index (Phi) is 3.88. The third-order valence-electron chi connectivity index (χ3n) is 3.70. The fraction of sp³-hybridized carbons (Fsp3) is 0. The molecule has 122 valence electrons. The maximum Gasteiger partial charge on any atom is 0.249 e. The first-order valence-corrected chi connectivity index (χ1v) is 7.87. The van der Waals surface area contributed by atoms with E-state index in [4.69, 9.17) is 4.42 Å². The molecule has 0 aliphatic carbocycles. The first kappa shape index (κ1) is 15.0. The lowest BCUT2D eigenvalue weighted by molar-refractivity contribution is -0.111. The molecule has 0 radical (unpaired) electrons. The molecular formula is C20H15N3O2. The van der Waals surface area contributed by atoms with Crippen molar-refractivity contribution in [2.75, 3.05) is 5.32 Å². The molecule has 5 heteroatoms. The van der Waals surface area contributed by atoms with Crippen LogP contribution in [0.1, 0.15) is 5.76 Å². The van der Waals surface area contributed by atoms with E-state index < -0.39 is 0 Å². The molecule has 2 heterocycles. The zero-order chi connectivity index (χ0) is 17.1. The zero-order valence-electron chi connectivity index (χ0n) is 13.3. The molecule has 0 aliphatic rings. The van der Waals surface area contributed by atoms with E-state index in [1.165, 1.54) is 6.08 Å². The molecule has 0 aliphatic heterocycles. The van der Waals surface area contributed by atoms with E-state index in [0.717, 1.165) is 16.7 Å². The standard InChI is InChI=1S/C20H15N3O2/c24-20(11-10-17-14-15-6-4-5-9-18(15)25-17)21-19-12-13-23(22-19)16-7-2-1-3-8-16/h1-14H,(H,21,22,24)/b11-10+. The van der Waals surface area contributed by atoms with Crippen LogP contribution in [-0.4, -0.2) is 15.7 Å². The normalized spacial score (nSPS) is 11.2. The Hall–Kier alpha value is -3.60. The molecule has 0 fully saturated rings. The predicted octanol–water partition coefficient (Wildman–Crippen LogP) is 4.27. The summed E-state index contributed by atoms with van der Waals surface area (Å²) in [5.74, 6) is 0.855. The van der Waals surface area contributed by atoms with E-state index in [9.17, 15) is 4.79 Å². The highest BCUT2D eigenvalue weighted by Gasteiger charge is 2.04. The Balaban J connectivity index is 1.44. The molecule has 0 saturated carbocycles. The molecule has 4 rings (SSSR count). The lowest BCUT2D eigenvalue weighted by Gasteiger charge is -2.00. The monoisotopic (exact) mass is 329 g/mol. The summed E-state index contributed by atoms with van der Waals surface area (Å²) in [6.07, 6.45) is 4.87. The molecule has 4 aromatic rings. The van der Waals surface area contributed by atoms with Crippen molar-refractivity contribution in [2.45, 2.75) is 0 Å². The van der Waals surface area contributed by atoms with Crippen LogP contribution in [0, 0.1) is 0 Å². The second-order valence-electron chi connectivity index (χ2n) is 5.49. The third-order valence-corrected chi connectivity index (χ3v) is 3.70. The molecule has 0 bridgehead atoms. The smallest absolute Gasteiger partial charge is 0.249 e. The topological polar surface area (TPSA) is 60.1 Å². The highest BCUT2D eigenvalue weighted by molar-refractivity contribution is 6.01. The van der Waals surface area contributed by atoms with E-state index in [1.807, 2.05) is 60.7 Å². The van der Waals surface area contributed by atoms with Crippen molar-refractivity contribution in [3.8, 4) is 5.69 Å². The summed E-state index contributed by atoms with van der Waals surface area (Å²) in [5, 5.41) is 8.08. The minimum absolute atomic E-state index is 0.265. The van der Waals surface area contributed by atoms with Gasteiger partial charge in [0.25, 0.3) is 0 Å². The van der Waals surface area contributed by atoms with Crippen molar-refractivity contribution in [1.29, 1.82) is 0 Å². The molecule has 2 aromatic heterocycles. The highest BCUT2D eigenvalue weighted by Crippen LogP contribution is 2.19. The molecule has 0 spiro atoms. The van der Waals surface area contributed by atoms with Crippen molar-refractivity contribution in [3.05, 3.63) is 84.8 Å². The van der Waals surface area contributed by atoms with Crippen LogP contribution in [0.5, 0.6) is 0 Å². The van der Waals surface area contributed by atoms with Crippen LogP contribution in [0.3, 0.4) is 0 Å². The Morgan fingerprint density at radius 1 is 1.04 bits per heavy atom. The summed E-state index contributed by atoms with van der Waals surface area (Å²) in [7, 11) is 0. The number of carbonyl (C=O) groups is 1. The number of aromatic nitrogens is 2. The van der Waals surface area contributed by atoms with Gasteiger partial charge >= 0.3 is 0 Å². The van der Waals surface area contributed by atoms with Crippen molar-refractivity contribution >= 4 is 28.8 Å². The van der Waals surface area contributed by atoms with Crippen molar-refractivity contribution in [1.82, 2.24) is 9.78 Å². The molecule has 25 heavy (non-hydrogen) atoms. The van der Waals surface area contributed by atoms with Gasteiger partial charge in [-0.1, -0.05) is 36.4 Å². The highest BCUT2D eigenvalue weighted by atomic mass is 16.3. The number of fused-ring (bicyclic) bond motifs is 1. The Labute approximate surface area is 144 Å². The fourth-order valence-electron chi connectivity index (χ4n) is 2.53. The SMILES string of the molecule is O=C(/C=C/c1cc2ccccc2o1)Nc1ccn(-c2ccccc2)n1. The van der Waals surface area contributed by atoms with Crippen molar-refractivity contribution in [3.63, 3.8) is 0 Å². The van der Waals surface area contributed by atoms with E-state index in [1.54, 1.807) is 23.0 Å². The number of para-hydroxylation sites is 2. The summed E-state index contributed by atoms with van der Waals surface area (Å²) < 4.78 is 7.35. The molecule has 2 aromatic carbocycles. The zero-order valence-corrected chi connectivity index (χ0v) is 13.3. The quantitative estimate of drug-likeness (QED) is 0.569. The van der Waals surface area contributed by atoms with Gasteiger partial charge in [-0.25, -0.2) is 4.68 Å². The van der Waals surface area contributed by atoms with Crippen LogP contribution in [0.2, 0.25) is 0 Å². The Morgan fingerprint density at radius 3 is 2.68 bits per heavy atom. The predicted molar refractivity (Wildman–Crippen MR) is 97.4 cm³/mol. The van der Waals surface area contributed by atoms with Gasteiger partial charge in [-0.05, 0) is 30.3 Å². The fourth-order valence-corrected chi connectivity index (χ4v) is 2.53. The lowest BCUT2D eigenvalue weighted by Crippen LogP contribution is -2.08. The van der Waals surface area contributed by atoms with E-state index in [2.05, 4.69) is 10.4 Å². The van der Waals surface area contributed by atoms with Crippen LogP contribution in [0.25, 0.3) is 22.7 Å². The first-order valence-electron chi connectivity index (χ1n) is 7.87. The van der Waals surface area contributed by atoms with Gasteiger partial charge in [0, 0.05) is 23.7 Å². The molecule has 5 nitrogen and oxygen atoms in total. The average molecular weight is 329 g/mol. The number of hydrogen-bond acceptors (Lipinski definition) is 3. The van der Waals surface area contributed by atoms with E-state index in [0.29, 0.717) is 11.6 Å². The number of hydrogen-bond donors (Lipinski definition) is 1. The van der Waals surface area contributed by atoms with E-state index >= 15 is 0 Å². The number of anilines is 1. The Bertz CT molecular complexity index is 1010. The number of rotatable bonds is 4. The maximum atomic E-state index is 12.1. The summed E-state index contributed by atoms with van der Waals surface area (Å²) in [6, 6.07) is 21.1. The number of furan rings is 1. The molecule has 1 N–H and O–H groups in total. The first-order chi connectivity index (χ1) is 12.3. The van der Waals surface area contributed by atoms with Gasteiger partial charge in [-0.15, -0.1) is 0 Å². The number of amides is 1. The minimum Gasteiger partial charge on any atom is -0.457 e. The van der Waals surface area contributed by atoms with Crippen LogP contribution in [-0.2, 0) is 4.79 Å². The van der Waals surface area contributed by atoms with Gasteiger partial charge < -0.3 is 9.73 Å². The van der Waals surface area contributed by atoms with Gasteiger partial charge in [0.05, 0.1) is 5.69 Å². The van der Waals surface area contributed by atoms with E-state index in [-0.39, 0.29) is 5.91 Å². The van der Waals surface area contributed by atoms with Crippen LogP contribution in [0.15, 0.2) is 83.4 Å². The van der Waals surface area contributed by atoms with Crippen LogP contribution < -0.4 is 5.32 Å². The molecule has 0 atom stereocenters. The molecule has 1 amide bonds. The van der Waals surface area contributed by atoms with Gasteiger partial charge in [0.1, 0.15) is 11.3 Å². The molecule has 0 unspecified atom stereocenters. The van der Waals surface area contributed by atoms with Gasteiger partial charge in [0.2, 0.25) is 5.91 Å². The second kappa shape index (κ2) is 6.49. The average Bonchev–Trinajstić information content (AvgIpc) is 3.27. The number of nitrogens with one attached hydrogen (secondary N) is 1. The molecular weight excluding hydrogens is 314 g/mol. The number of nitrogens with zero attached hydrogens (tertiary/aromatic N) is 2. The van der Waals surface area contributed by atoms with Gasteiger partial charge in [0.15, 0.2) is 5.82 Å².